The van der Waals surface area contributed by atoms with E-state index in [0.717, 1.165) is 16.9 Å². The van der Waals surface area contributed by atoms with Crippen molar-refractivity contribution in [1.29, 1.82) is 0 Å². The SMILES string of the molecule is CNS(=O)(=O)c1cc(C=CCC(=O)OCC(C)C)cs1. The first kappa shape index (κ1) is 16.9. The van der Waals surface area contributed by atoms with Gasteiger partial charge in [-0.05, 0) is 30.0 Å². The second-order valence-corrected chi connectivity index (χ2v) is 7.61. The number of hydrogen-bond donors (Lipinski definition) is 1. The molecule has 0 aliphatic carbocycles. The van der Waals surface area contributed by atoms with E-state index in [1.54, 1.807) is 23.6 Å². The predicted octanol–water partition coefficient (Wildman–Crippen LogP) is 2.26. The average molecular weight is 317 g/mol. The summed E-state index contributed by atoms with van der Waals surface area (Å²) in [5.74, 6) is 0.0300. The maximum absolute atomic E-state index is 11.5. The van der Waals surface area contributed by atoms with E-state index < -0.39 is 10.0 Å². The summed E-state index contributed by atoms with van der Waals surface area (Å²) in [5, 5.41) is 1.72. The van der Waals surface area contributed by atoms with E-state index in [9.17, 15) is 13.2 Å². The van der Waals surface area contributed by atoms with Crippen molar-refractivity contribution >= 4 is 33.4 Å². The van der Waals surface area contributed by atoms with Crippen LogP contribution in [0.4, 0.5) is 0 Å². The first-order chi connectivity index (χ1) is 9.35. The number of nitrogens with one attached hydrogen (secondary N) is 1. The summed E-state index contributed by atoms with van der Waals surface area (Å²) in [4.78, 5) is 11.4. The Hall–Kier alpha value is -1.18. The van der Waals surface area contributed by atoms with Crippen LogP contribution in [0.5, 0.6) is 0 Å². The summed E-state index contributed by atoms with van der Waals surface area (Å²) < 4.78 is 30.6. The van der Waals surface area contributed by atoms with Crippen LogP contribution in [-0.2, 0) is 19.6 Å². The van der Waals surface area contributed by atoms with Crippen LogP contribution in [0.15, 0.2) is 21.7 Å². The highest BCUT2D eigenvalue weighted by Crippen LogP contribution is 2.20. The van der Waals surface area contributed by atoms with E-state index in [4.69, 9.17) is 4.74 Å². The minimum atomic E-state index is -3.39. The molecule has 0 spiro atoms. The number of carbonyl (C=O) groups is 1. The van der Waals surface area contributed by atoms with Gasteiger partial charge in [0.1, 0.15) is 4.21 Å². The first-order valence-corrected chi connectivity index (χ1v) is 8.55. The summed E-state index contributed by atoms with van der Waals surface area (Å²) >= 11 is 1.14. The number of ether oxygens (including phenoxy) is 1. The number of carbonyl (C=O) groups excluding carboxylic acids is 1. The van der Waals surface area contributed by atoms with Crippen molar-refractivity contribution in [3.63, 3.8) is 0 Å². The van der Waals surface area contributed by atoms with Gasteiger partial charge in [0.15, 0.2) is 0 Å². The molecule has 0 aliphatic heterocycles. The normalized spacial score (nSPS) is 12.2. The van der Waals surface area contributed by atoms with E-state index >= 15 is 0 Å². The van der Waals surface area contributed by atoms with Gasteiger partial charge in [-0.1, -0.05) is 26.0 Å². The summed E-state index contributed by atoms with van der Waals surface area (Å²) in [6.07, 6.45) is 3.55. The average Bonchev–Trinajstić information content (AvgIpc) is 2.86. The smallest absolute Gasteiger partial charge is 0.309 e. The van der Waals surface area contributed by atoms with Gasteiger partial charge in [0.25, 0.3) is 0 Å². The monoisotopic (exact) mass is 317 g/mol. The van der Waals surface area contributed by atoms with E-state index in [0.29, 0.717) is 12.5 Å². The largest absolute Gasteiger partial charge is 0.465 e. The van der Waals surface area contributed by atoms with Gasteiger partial charge in [-0.25, -0.2) is 13.1 Å². The van der Waals surface area contributed by atoms with Crippen LogP contribution in [0.2, 0.25) is 0 Å². The maximum atomic E-state index is 11.5. The van der Waals surface area contributed by atoms with Gasteiger partial charge in [0.2, 0.25) is 10.0 Å². The van der Waals surface area contributed by atoms with Crippen molar-refractivity contribution in [3.05, 3.63) is 23.1 Å². The van der Waals surface area contributed by atoms with E-state index in [1.165, 1.54) is 7.05 Å². The minimum absolute atomic E-state index is 0.177. The molecular formula is C13H19NO4S2. The second-order valence-electron chi connectivity index (χ2n) is 4.59. The van der Waals surface area contributed by atoms with Gasteiger partial charge in [-0.15, -0.1) is 11.3 Å². The zero-order chi connectivity index (χ0) is 15.2. The Bertz CT molecular complexity index is 573. The Morgan fingerprint density at radius 2 is 2.20 bits per heavy atom. The Labute approximate surface area is 123 Å². The molecule has 1 heterocycles. The third-order valence-electron chi connectivity index (χ3n) is 2.30. The summed E-state index contributed by atoms with van der Waals surface area (Å²) in [6, 6.07) is 1.56. The number of hydrogen-bond acceptors (Lipinski definition) is 5. The highest BCUT2D eigenvalue weighted by Gasteiger charge is 2.13. The summed E-state index contributed by atoms with van der Waals surface area (Å²) in [6.45, 7) is 4.35. The fraction of sp³-hybridized carbons (Fsp3) is 0.462. The molecule has 1 aromatic heterocycles. The summed E-state index contributed by atoms with van der Waals surface area (Å²) in [7, 11) is -2.02. The van der Waals surface area contributed by atoms with Gasteiger partial charge < -0.3 is 4.74 Å². The number of sulfonamides is 1. The first-order valence-electron chi connectivity index (χ1n) is 6.19. The summed E-state index contributed by atoms with van der Waals surface area (Å²) in [5.41, 5.74) is 0.750. The van der Waals surface area contributed by atoms with Gasteiger partial charge in [0.05, 0.1) is 13.0 Å². The van der Waals surface area contributed by atoms with E-state index in [2.05, 4.69) is 4.72 Å². The lowest BCUT2D eigenvalue weighted by atomic mass is 10.2. The lowest BCUT2D eigenvalue weighted by Gasteiger charge is -2.04. The molecule has 20 heavy (non-hydrogen) atoms. The Morgan fingerprint density at radius 3 is 2.80 bits per heavy atom. The van der Waals surface area contributed by atoms with Crippen molar-refractivity contribution < 1.29 is 17.9 Å². The third kappa shape index (κ3) is 5.44. The molecule has 0 bridgehead atoms. The van der Waals surface area contributed by atoms with Crippen LogP contribution < -0.4 is 4.72 Å². The molecule has 0 radical (unpaired) electrons. The molecule has 0 atom stereocenters. The Balaban J connectivity index is 2.53. The van der Waals surface area contributed by atoms with Gasteiger partial charge >= 0.3 is 5.97 Å². The highest BCUT2D eigenvalue weighted by molar-refractivity contribution is 7.91. The van der Waals surface area contributed by atoms with Crippen LogP contribution in [0, 0.1) is 5.92 Å². The minimum Gasteiger partial charge on any atom is -0.465 e. The zero-order valence-electron chi connectivity index (χ0n) is 11.8. The van der Waals surface area contributed by atoms with Crippen molar-refractivity contribution in [1.82, 2.24) is 4.72 Å². The number of esters is 1. The lowest BCUT2D eigenvalue weighted by molar-refractivity contribution is -0.143. The molecule has 0 saturated carbocycles. The predicted molar refractivity (Wildman–Crippen MR) is 80.0 cm³/mol. The van der Waals surface area contributed by atoms with Gasteiger partial charge in [0, 0.05) is 0 Å². The van der Waals surface area contributed by atoms with Crippen molar-refractivity contribution in [3.8, 4) is 0 Å². The molecule has 0 aliphatic rings. The molecule has 5 nitrogen and oxygen atoms in total. The fourth-order valence-electron chi connectivity index (χ4n) is 1.27. The fourth-order valence-corrected chi connectivity index (χ4v) is 3.27. The Kier molecular flexibility index (Phi) is 6.38. The molecule has 1 aromatic rings. The molecule has 1 rings (SSSR count). The molecule has 0 amide bonds. The topological polar surface area (TPSA) is 72.5 Å². The standard InChI is InChI=1S/C13H19NO4S2/c1-10(2)8-18-12(15)6-4-5-11-7-13(19-9-11)20(16,17)14-3/h4-5,7,9-10,14H,6,8H2,1-3H3. The van der Waals surface area contributed by atoms with Crippen LogP contribution in [0.25, 0.3) is 6.08 Å². The van der Waals surface area contributed by atoms with Crippen LogP contribution in [0.3, 0.4) is 0 Å². The molecular weight excluding hydrogens is 298 g/mol. The molecule has 1 N–H and O–H groups in total. The molecule has 112 valence electrons. The molecule has 0 fully saturated rings. The van der Waals surface area contributed by atoms with Gasteiger partial charge in [-0.3, -0.25) is 4.79 Å². The lowest BCUT2D eigenvalue weighted by Crippen LogP contribution is -2.17. The third-order valence-corrected chi connectivity index (χ3v) is 5.17. The van der Waals surface area contributed by atoms with Crippen LogP contribution in [0.1, 0.15) is 25.8 Å². The Morgan fingerprint density at radius 1 is 1.50 bits per heavy atom. The molecule has 0 unspecified atom stereocenters. The quantitative estimate of drug-likeness (QED) is 0.783. The van der Waals surface area contributed by atoms with Crippen LogP contribution >= 0.6 is 11.3 Å². The van der Waals surface area contributed by atoms with E-state index in [1.807, 2.05) is 13.8 Å². The van der Waals surface area contributed by atoms with Crippen molar-refractivity contribution in [2.75, 3.05) is 13.7 Å². The van der Waals surface area contributed by atoms with Crippen molar-refractivity contribution in [2.24, 2.45) is 5.92 Å². The van der Waals surface area contributed by atoms with Gasteiger partial charge in [-0.2, -0.15) is 0 Å². The molecule has 0 saturated heterocycles. The maximum Gasteiger partial charge on any atom is 0.309 e. The second kappa shape index (κ2) is 7.56. The molecule has 0 aromatic carbocycles. The number of rotatable bonds is 7. The van der Waals surface area contributed by atoms with Crippen molar-refractivity contribution in [2.45, 2.75) is 24.5 Å². The van der Waals surface area contributed by atoms with E-state index in [-0.39, 0.29) is 16.6 Å². The molecule has 7 heteroatoms. The zero-order valence-corrected chi connectivity index (χ0v) is 13.4. The highest BCUT2D eigenvalue weighted by atomic mass is 32.2. The van der Waals surface area contributed by atoms with Crippen LogP contribution in [-0.4, -0.2) is 28.0 Å². The number of thiophene rings is 1.